The van der Waals surface area contributed by atoms with Gasteiger partial charge in [-0.25, -0.2) is 0 Å². The Labute approximate surface area is 97.7 Å². The number of rotatable bonds is 3. The summed E-state index contributed by atoms with van der Waals surface area (Å²) in [4.78, 5) is 4.81. The first-order valence-electron chi connectivity index (χ1n) is 6.47. The van der Waals surface area contributed by atoms with Crippen LogP contribution in [0.3, 0.4) is 0 Å². The Bertz CT molecular complexity index is 261. The van der Waals surface area contributed by atoms with E-state index in [9.17, 15) is 0 Å². The summed E-state index contributed by atoms with van der Waals surface area (Å²) in [5.41, 5.74) is 6.49. The second-order valence-electron chi connectivity index (χ2n) is 5.93. The van der Waals surface area contributed by atoms with Gasteiger partial charge in [-0.2, -0.15) is 0 Å². The lowest BCUT2D eigenvalue weighted by Gasteiger charge is -2.50. The SMILES string of the molecule is CN1CCOC(CN2CC(N)(C3CC3)C2)C1. The quantitative estimate of drug-likeness (QED) is 0.718. The first-order chi connectivity index (χ1) is 7.66. The van der Waals surface area contributed by atoms with Crippen molar-refractivity contribution in [3.8, 4) is 0 Å². The van der Waals surface area contributed by atoms with E-state index in [1.807, 2.05) is 0 Å². The molecule has 3 rings (SSSR count). The maximum atomic E-state index is 6.34. The maximum absolute atomic E-state index is 6.34. The van der Waals surface area contributed by atoms with Crippen LogP contribution in [0.25, 0.3) is 0 Å². The molecule has 1 unspecified atom stereocenters. The molecule has 2 heterocycles. The Hall–Kier alpha value is -0.160. The van der Waals surface area contributed by atoms with Crippen LogP contribution in [0, 0.1) is 5.92 Å². The molecule has 2 saturated heterocycles. The highest BCUT2D eigenvalue weighted by atomic mass is 16.5. The molecule has 0 radical (unpaired) electrons. The van der Waals surface area contributed by atoms with Crippen LogP contribution < -0.4 is 5.73 Å². The number of hydrogen-bond donors (Lipinski definition) is 1. The Kier molecular flexibility index (Phi) is 2.70. The molecule has 0 spiro atoms. The normalized spacial score (nSPS) is 36.0. The number of ether oxygens (including phenoxy) is 1. The van der Waals surface area contributed by atoms with Crippen molar-refractivity contribution >= 4 is 0 Å². The molecule has 0 amide bonds. The maximum Gasteiger partial charge on any atom is 0.0829 e. The van der Waals surface area contributed by atoms with Crippen molar-refractivity contribution in [2.24, 2.45) is 11.7 Å². The fourth-order valence-electron chi connectivity index (χ4n) is 3.10. The number of hydrogen-bond acceptors (Lipinski definition) is 4. The zero-order valence-electron chi connectivity index (χ0n) is 10.2. The predicted molar refractivity (Wildman–Crippen MR) is 63.3 cm³/mol. The third-order valence-corrected chi connectivity index (χ3v) is 4.23. The molecule has 1 atom stereocenters. The largest absolute Gasteiger partial charge is 0.374 e. The average molecular weight is 225 g/mol. The summed E-state index contributed by atoms with van der Waals surface area (Å²) in [6, 6.07) is 0. The number of nitrogens with zero attached hydrogens (tertiary/aromatic N) is 2. The number of likely N-dealkylation sites (N-methyl/N-ethyl adjacent to an activating group) is 1. The Morgan fingerprint density at radius 1 is 1.38 bits per heavy atom. The molecule has 4 nitrogen and oxygen atoms in total. The molecule has 2 N–H and O–H groups in total. The van der Waals surface area contributed by atoms with E-state index in [1.54, 1.807) is 0 Å². The Balaban J connectivity index is 1.43. The van der Waals surface area contributed by atoms with Crippen LogP contribution in [-0.2, 0) is 4.74 Å². The fraction of sp³-hybridized carbons (Fsp3) is 1.00. The Morgan fingerprint density at radius 2 is 2.12 bits per heavy atom. The second kappa shape index (κ2) is 3.95. The molecule has 2 aliphatic heterocycles. The third kappa shape index (κ3) is 2.12. The summed E-state index contributed by atoms with van der Waals surface area (Å²) < 4.78 is 5.77. The summed E-state index contributed by atoms with van der Waals surface area (Å²) in [6.07, 6.45) is 3.10. The average Bonchev–Trinajstić information content (AvgIpc) is 2.98. The molecule has 1 saturated carbocycles. The number of morpholine rings is 1. The van der Waals surface area contributed by atoms with Crippen LogP contribution in [0.4, 0.5) is 0 Å². The highest BCUT2D eigenvalue weighted by molar-refractivity contribution is 5.09. The lowest BCUT2D eigenvalue weighted by Crippen LogP contribution is -2.70. The van der Waals surface area contributed by atoms with Gasteiger partial charge < -0.3 is 15.4 Å². The van der Waals surface area contributed by atoms with Crippen LogP contribution in [0.2, 0.25) is 0 Å². The molecular formula is C12H23N3O. The summed E-state index contributed by atoms with van der Waals surface area (Å²) in [7, 11) is 2.17. The van der Waals surface area contributed by atoms with E-state index < -0.39 is 0 Å². The first-order valence-corrected chi connectivity index (χ1v) is 6.47. The first kappa shape index (κ1) is 11.0. The standard InChI is InChI=1S/C12H23N3O/c1-14-4-5-16-11(6-14)7-15-8-12(13,9-15)10-2-3-10/h10-11H,2-9,13H2,1H3. The van der Waals surface area contributed by atoms with Crippen LogP contribution in [-0.4, -0.2) is 67.8 Å². The molecule has 1 aliphatic carbocycles. The van der Waals surface area contributed by atoms with Crippen LogP contribution >= 0.6 is 0 Å². The molecule has 92 valence electrons. The van der Waals surface area contributed by atoms with Gasteiger partial charge >= 0.3 is 0 Å². The highest BCUT2D eigenvalue weighted by Crippen LogP contribution is 2.42. The zero-order valence-corrected chi connectivity index (χ0v) is 10.2. The van der Waals surface area contributed by atoms with E-state index in [0.717, 1.165) is 45.2 Å². The minimum Gasteiger partial charge on any atom is -0.374 e. The zero-order chi connectivity index (χ0) is 11.2. The van der Waals surface area contributed by atoms with Crippen molar-refractivity contribution < 1.29 is 4.74 Å². The lowest BCUT2D eigenvalue weighted by molar-refractivity contribution is -0.0596. The highest BCUT2D eigenvalue weighted by Gasteiger charge is 2.50. The van der Waals surface area contributed by atoms with Gasteiger partial charge in [0.05, 0.1) is 12.7 Å². The summed E-state index contributed by atoms with van der Waals surface area (Å²) >= 11 is 0. The van der Waals surface area contributed by atoms with E-state index in [1.165, 1.54) is 12.8 Å². The second-order valence-corrected chi connectivity index (χ2v) is 5.93. The molecule has 16 heavy (non-hydrogen) atoms. The monoisotopic (exact) mass is 225 g/mol. The fourth-order valence-corrected chi connectivity index (χ4v) is 3.10. The third-order valence-electron chi connectivity index (χ3n) is 4.23. The van der Waals surface area contributed by atoms with Crippen LogP contribution in [0.5, 0.6) is 0 Å². The van der Waals surface area contributed by atoms with E-state index in [0.29, 0.717) is 6.10 Å². The van der Waals surface area contributed by atoms with Gasteiger partial charge in [-0.3, -0.25) is 4.90 Å². The topological polar surface area (TPSA) is 41.7 Å². The van der Waals surface area contributed by atoms with Gasteiger partial charge in [0.15, 0.2) is 0 Å². The molecule has 0 bridgehead atoms. The van der Waals surface area contributed by atoms with Crippen LogP contribution in [0.15, 0.2) is 0 Å². The molecule has 0 aromatic heterocycles. The smallest absolute Gasteiger partial charge is 0.0829 e. The Morgan fingerprint density at radius 3 is 2.75 bits per heavy atom. The van der Waals surface area contributed by atoms with E-state index in [2.05, 4.69) is 16.8 Å². The van der Waals surface area contributed by atoms with Gasteiger partial charge in [-0.1, -0.05) is 0 Å². The molecule has 4 heteroatoms. The van der Waals surface area contributed by atoms with Gasteiger partial charge in [0.1, 0.15) is 0 Å². The summed E-state index contributed by atoms with van der Waals surface area (Å²) in [5, 5.41) is 0. The minimum atomic E-state index is 0.153. The summed E-state index contributed by atoms with van der Waals surface area (Å²) in [6.45, 7) is 6.25. The van der Waals surface area contributed by atoms with Crippen molar-refractivity contribution in [3.63, 3.8) is 0 Å². The van der Waals surface area contributed by atoms with Crippen molar-refractivity contribution in [3.05, 3.63) is 0 Å². The van der Waals surface area contributed by atoms with Crippen LogP contribution in [0.1, 0.15) is 12.8 Å². The van der Waals surface area contributed by atoms with E-state index in [4.69, 9.17) is 10.5 Å². The van der Waals surface area contributed by atoms with Crippen molar-refractivity contribution in [2.75, 3.05) is 46.4 Å². The van der Waals surface area contributed by atoms with E-state index in [-0.39, 0.29) is 5.54 Å². The number of likely N-dealkylation sites (tertiary alicyclic amines) is 1. The minimum absolute atomic E-state index is 0.153. The van der Waals surface area contributed by atoms with Gasteiger partial charge in [0, 0.05) is 38.3 Å². The number of nitrogens with two attached hydrogens (primary N) is 1. The molecular weight excluding hydrogens is 202 g/mol. The van der Waals surface area contributed by atoms with Gasteiger partial charge in [-0.05, 0) is 25.8 Å². The lowest BCUT2D eigenvalue weighted by atomic mass is 9.85. The molecule has 0 aromatic carbocycles. The van der Waals surface area contributed by atoms with Crippen molar-refractivity contribution in [2.45, 2.75) is 24.5 Å². The van der Waals surface area contributed by atoms with Crippen molar-refractivity contribution in [1.29, 1.82) is 0 Å². The summed E-state index contributed by atoms with van der Waals surface area (Å²) in [5.74, 6) is 0.818. The van der Waals surface area contributed by atoms with Gasteiger partial charge in [0.25, 0.3) is 0 Å². The molecule has 3 fully saturated rings. The van der Waals surface area contributed by atoms with E-state index >= 15 is 0 Å². The van der Waals surface area contributed by atoms with Gasteiger partial charge in [-0.15, -0.1) is 0 Å². The van der Waals surface area contributed by atoms with Gasteiger partial charge in [0.2, 0.25) is 0 Å². The van der Waals surface area contributed by atoms with Crippen molar-refractivity contribution in [1.82, 2.24) is 9.80 Å². The molecule has 0 aromatic rings. The predicted octanol–water partition coefficient (Wildman–Crippen LogP) is -0.260. The molecule has 3 aliphatic rings.